The average molecular weight is 322 g/mol. The largest absolute Gasteiger partial charge is 0.478 e. The number of amides is 1. The minimum Gasteiger partial charge on any atom is -0.478 e. The molecule has 22 heavy (non-hydrogen) atoms. The summed E-state index contributed by atoms with van der Waals surface area (Å²) in [4.78, 5) is 23.2. The van der Waals surface area contributed by atoms with Gasteiger partial charge in [-0.3, -0.25) is 4.79 Å². The number of benzene rings is 2. The highest BCUT2D eigenvalue weighted by Gasteiger charge is 2.13. The first kappa shape index (κ1) is 16.0. The lowest BCUT2D eigenvalue weighted by Crippen LogP contribution is -2.15. The number of hydrogen-bond acceptors (Lipinski definition) is 2. The van der Waals surface area contributed by atoms with Crippen LogP contribution in [0.1, 0.15) is 15.9 Å². The van der Waals surface area contributed by atoms with Crippen molar-refractivity contribution in [2.45, 2.75) is 6.54 Å². The van der Waals surface area contributed by atoms with Crippen molar-refractivity contribution in [3.63, 3.8) is 0 Å². The quantitative estimate of drug-likeness (QED) is 0.858. The molecule has 0 heterocycles. The molecular weight excluding hydrogens is 309 g/mol. The Morgan fingerprint density at radius 3 is 2.64 bits per heavy atom. The zero-order valence-corrected chi connectivity index (χ0v) is 12.5. The van der Waals surface area contributed by atoms with Crippen LogP contribution in [-0.4, -0.2) is 29.4 Å². The topological polar surface area (TPSA) is 57.6 Å². The summed E-state index contributed by atoms with van der Waals surface area (Å²) >= 11 is 5.96. The van der Waals surface area contributed by atoms with Crippen molar-refractivity contribution in [1.29, 1.82) is 0 Å². The second-order valence-electron chi connectivity index (χ2n) is 4.82. The van der Waals surface area contributed by atoms with Gasteiger partial charge < -0.3 is 10.0 Å². The maximum absolute atomic E-state index is 13.5. The predicted octanol–water partition coefficient (Wildman–Crippen LogP) is 3.43. The van der Waals surface area contributed by atoms with E-state index in [4.69, 9.17) is 16.7 Å². The Bertz CT molecular complexity index is 733. The maximum Gasteiger partial charge on any atom is 0.337 e. The van der Waals surface area contributed by atoms with Crippen LogP contribution in [0.25, 0.3) is 11.1 Å². The molecule has 0 bridgehead atoms. The third-order valence-corrected chi connectivity index (χ3v) is 3.49. The van der Waals surface area contributed by atoms with Crippen molar-refractivity contribution < 1.29 is 19.1 Å². The Hall–Kier alpha value is -2.40. The molecule has 0 spiro atoms. The molecule has 0 saturated carbocycles. The van der Waals surface area contributed by atoms with Crippen LogP contribution in [0.5, 0.6) is 0 Å². The molecule has 2 aromatic carbocycles. The summed E-state index contributed by atoms with van der Waals surface area (Å²) in [5.74, 6) is -1.55. The van der Waals surface area contributed by atoms with E-state index in [0.29, 0.717) is 24.1 Å². The lowest BCUT2D eigenvalue weighted by Gasteiger charge is -2.15. The van der Waals surface area contributed by atoms with Crippen molar-refractivity contribution in [3.8, 4) is 11.1 Å². The fraction of sp³-hybridized carbons (Fsp3) is 0.125. The van der Waals surface area contributed by atoms with Crippen LogP contribution in [-0.2, 0) is 11.3 Å². The molecule has 0 aliphatic heterocycles. The molecule has 0 aromatic heterocycles. The lowest BCUT2D eigenvalue weighted by atomic mass is 9.98. The van der Waals surface area contributed by atoms with E-state index in [9.17, 15) is 14.0 Å². The van der Waals surface area contributed by atoms with E-state index in [1.807, 2.05) is 0 Å². The molecule has 2 rings (SSSR count). The van der Waals surface area contributed by atoms with E-state index in [1.165, 1.54) is 29.2 Å². The predicted molar refractivity (Wildman–Crippen MR) is 81.3 cm³/mol. The van der Waals surface area contributed by atoms with Crippen LogP contribution in [0, 0.1) is 5.82 Å². The van der Waals surface area contributed by atoms with Crippen molar-refractivity contribution in [1.82, 2.24) is 4.90 Å². The summed E-state index contributed by atoms with van der Waals surface area (Å²) in [6, 6.07) is 8.64. The Morgan fingerprint density at radius 1 is 1.32 bits per heavy atom. The van der Waals surface area contributed by atoms with Crippen molar-refractivity contribution in [2.24, 2.45) is 0 Å². The van der Waals surface area contributed by atoms with Gasteiger partial charge in [0, 0.05) is 13.6 Å². The first-order chi connectivity index (χ1) is 10.4. The second-order valence-corrected chi connectivity index (χ2v) is 5.23. The van der Waals surface area contributed by atoms with Crippen molar-refractivity contribution in [2.75, 3.05) is 7.05 Å². The minimum absolute atomic E-state index is 0.0200. The molecular formula is C16H13ClFNO3. The number of carbonyl (C=O) groups is 2. The molecule has 0 atom stereocenters. The lowest BCUT2D eigenvalue weighted by molar-refractivity contribution is -0.117. The highest BCUT2D eigenvalue weighted by atomic mass is 35.5. The second kappa shape index (κ2) is 6.58. The fourth-order valence-electron chi connectivity index (χ4n) is 2.12. The summed E-state index contributed by atoms with van der Waals surface area (Å²) in [7, 11) is 1.61. The van der Waals surface area contributed by atoms with Gasteiger partial charge in [0.05, 0.1) is 10.6 Å². The van der Waals surface area contributed by atoms with E-state index in [1.54, 1.807) is 19.2 Å². The summed E-state index contributed by atoms with van der Waals surface area (Å²) in [5, 5.41) is 9.06. The molecule has 0 aliphatic rings. The average Bonchev–Trinajstić information content (AvgIpc) is 2.48. The van der Waals surface area contributed by atoms with Gasteiger partial charge in [0.1, 0.15) is 5.82 Å². The molecule has 0 radical (unpaired) electrons. The molecule has 4 nitrogen and oxygen atoms in total. The number of carbonyl (C=O) groups excluding carboxylic acids is 1. The fourth-order valence-corrected chi connectivity index (χ4v) is 2.38. The van der Waals surface area contributed by atoms with Crippen LogP contribution in [0.4, 0.5) is 4.39 Å². The molecule has 2 aromatic rings. The first-order valence-corrected chi connectivity index (χ1v) is 6.77. The number of hydrogen-bond donors (Lipinski definition) is 1. The van der Waals surface area contributed by atoms with E-state index in [0.717, 1.165) is 5.56 Å². The van der Waals surface area contributed by atoms with Gasteiger partial charge in [0.25, 0.3) is 0 Å². The number of halogens is 2. The van der Waals surface area contributed by atoms with Crippen LogP contribution in [0.3, 0.4) is 0 Å². The van der Waals surface area contributed by atoms with Gasteiger partial charge in [-0.2, -0.15) is 0 Å². The van der Waals surface area contributed by atoms with E-state index in [2.05, 4.69) is 0 Å². The van der Waals surface area contributed by atoms with Crippen LogP contribution in [0.2, 0.25) is 5.02 Å². The van der Waals surface area contributed by atoms with E-state index in [-0.39, 0.29) is 10.6 Å². The van der Waals surface area contributed by atoms with Gasteiger partial charge >= 0.3 is 5.97 Å². The molecule has 1 N–H and O–H groups in total. The smallest absolute Gasteiger partial charge is 0.337 e. The van der Waals surface area contributed by atoms with Gasteiger partial charge in [-0.15, -0.1) is 0 Å². The molecule has 0 aliphatic carbocycles. The molecule has 6 heteroatoms. The highest BCUT2D eigenvalue weighted by Crippen LogP contribution is 2.29. The van der Waals surface area contributed by atoms with Crippen LogP contribution in [0.15, 0.2) is 36.4 Å². The third-order valence-electron chi connectivity index (χ3n) is 3.18. The van der Waals surface area contributed by atoms with Gasteiger partial charge in [-0.1, -0.05) is 23.7 Å². The zero-order chi connectivity index (χ0) is 16.3. The number of carboxylic acid groups (broad SMARTS) is 1. The maximum atomic E-state index is 13.5. The number of aromatic carboxylic acids is 1. The Labute approximate surface area is 131 Å². The number of nitrogens with zero attached hydrogens (tertiary/aromatic N) is 1. The Morgan fingerprint density at radius 2 is 2.05 bits per heavy atom. The number of carboxylic acids is 1. The third kappa shape index (κ3) is 3.43. The van der Waals surface area contributed by atoms with Gasteiger partial charge in [-0.05, 0) is 41.0 Å². The van der Waals surface area contributed by atoms with Gasteiger partial charge in [-0.25, -0.2) is 9.18 Å². The van der Waals surface area contributed by atoms with E-state index >= 15 is 0 Å². The highest BCUT2D eigenvalue weighted by molar-refractivity contribution is 6.33. The monoisotopic (exact) mass is 321 g/mol. The molecule has 114 valence electrons. The summed E-state index contributed by atoms with van der Waals surface area (Å²) in [6.45, 7) is 0.303. The first-order valence-electron chi connectivity index (χ1n) is 6.39. The molecule has 0 fully saturated rings. The molecule has 0 saturated heterocycles. The van der Waals surface area contributed by atoms with Gasteiger partial charge in [0.2, 0.25) is 6.41 Å². The van der Waals surface area contributed by atoms with Crippen LogP contribution >= 0.6 is 11.6 Å². The minimum atomic E-state index is -1.13. The Balaban J connectivity index is 2.51. The standard InChI is InChI=1S/C16H13ClFNO3/c1-19(9-20)8-11-2-4-12(18)7-14(11)10-3-5-13(16(21)22)15(17)6-10/h2-7,9H,8H2,1H3,(H,21,22). The van der Waals surface area contributed by atoms with Crippen molar-refractivity contribution >= 4 is 24.0 Å². The SMILES string of the molecule is CN(C=O)Cc1ccc(F)cc1-c1ccc(C(=O)O)c(Cl)c1. The zero-order valence-electron chi connectivity index (χ0n) is 11.7. The molecule has 0 unspecified atom stereocenters. The summed E-state index contributed by atoms with van der Waals surface area (Å²) in [5.41, 5.74) is 1.86. The van der Waals surface area contributed by atoms with E-state index < -0.39 is 11.8 Å². The Kier molecular flexibility index (Phi) is 4.78. The normalized spacial score (nSPS) is 10.3. The van der Waals surface area contributed by atoms with Crippen molar-refractivity contribution in [3.05, 3.63) is 58.4 Å². The summed E-state index contributed by atoms with van der Waals surface area (Å²) in [6.07, 6.45) is 0.674. The van der Waals surface area contributed by atoms with Gasteiger partial charge in [0.15, 0.2) is 0 Å². The molecule has 1 amide bonds. The van der Waals surface area contributed by atoms with Crippen LogP contribution < -0.4 is 0 Å². The summed E-state index contributed by atoms with van der Waals surface area (Å²) < 4.78 is 13.5. The number of rotatable bonds is 5.